The summed E-state index contributed by atoms with van der Waals surface area (Å²) in [6, 6.07) is 2.46. The Bertz CT molecular complexity index is 461. The Balaban J connectivity index is 3.34. The SMILES string of the molecule is COc1cc(NS(=O)[O-])cc(C(=O)O)c1OC. The summed E-state index contributed by atoms with van der Waals surface area (Å²) in [6.07, 6.45) is 0. The van der Waals surface area contributed by atoms with Gasteiger partial charge in [0.15, 0.2) is 11.5 Å². The van der Waals surface area contributed by atoms with E-state index in [4.69, 9.17) is 14.6 Å². The van der Waals surface area contributed by atoms with E-state index in [9.17, 15) is 13.6 Å². The van der Waals surface area contributed by atoms with Gasteiger partial charge in [0.2, 0.25) is 0 Å². The first-order valence-electron chi connectivity index (χ1n) is 4.34. The number of aromatic carboxylic acids is 1. The maximum Gasteiger partial charge on any atom is 0.339 e. The largest absolute Gasteiger partial charge is 0.755 e. The summed E-state index contributed by atoms with van der Waals surface area (Å²) in [6.45, 7) is 0. The molecule has 0 aliphatic rings. The van der Waals surface area contributed by atoms with E-state index >= 15 is 0 Å². The second-order valence-corrected chi connectivity index (χ2v) is 3.57. The molecule has 1 atom stereocenters. The number of anilines is 1. The highest BCUT2D eigenvalue weighted by atomic mass is 32.2. The minimum Gasteiger partial charge on any atom is -0.755 e. The summed E-state index contributed by atoms with van der Waals surface area (Å²) in [5, 5.41) is 8.96. The average Bonchev–Trinajstić information content (AvgIpc) is 2.26. The van der Waals surface area contributed by atoms with Gasteiger partial charge in [0.25, 0.3) is 0 Å². The molecule has 1 aromatic carbocycles. The normalized spacial score (nSPS) is 11.7. The molecule has 0 aromatic heterocycles. The van der Waals surface area contributed by atoms with Gasteiger partial charge in [0.05, 0.1) is 19.9 Å². The van der Waals surface area contributed by atoms with Crippen molar-refractivity contribution in [2.75, 3.05) is 18.9 Å². The molecule has 8 heteroatoms. The Hall–Kier alpha value is -1.80. The summed E-state index contributed by atoms with van der Waals surface area (Å²) >= 11 is -2.55. The van der Waals surface area contributed by atoms with Crippen LogP contribution < -0.4 is 14.2 Å². The lowest BCUT2D eigenvalue weighted by Crippen LogP contribution is -2.07. The van der Waals surface area contributed by atoms with Gasteiger partial charge in [-0.15, -0.1) is 0 Å². The van der Waals surface area contributed by atoms with Crippen LogP contribution in [0.5, 0.6) is 11.5 Å². The van der Waals surface area contributed by atoms with E-state index in [0.717, 1.165) is 6.07 Å². The Labute approximate surface area is 99.8 Å². The Morgan fingerprint density at radius 3 is 2.47 bits per heavy atom. The number of hydrogen-bond acceptors (Lipinski definition) is 5. The smallest absolute Gasteiger partial charge is 0.339 e. The standard InChI is InChI=1S/C9H11NO6S/c1-15-7-4-5(10-17(13)14)3-6(9(11)12)8(7)16-2/h3-4,10H,1-2H3,(H,11,12)(H,13,14)/p-1. The Kier molecular flexibility index (Phi) is 4.30. The molecule has 0 bridgehead atoms. The summed E-state index contributed by atoms with van der Waals surface area (Å²) in [4.78, 5) is 11.0. The third-order valence-corrected chi connectivity index (χ3v) is 2.31. The predicted molar refractivity (Wildman–Crippen MR) is 59.0 cm³/mol. The van der Waals surface area contributed by atoms with E-state index in [1.165, 1.54) is 20.3 Å². The maximum atomic E-state index is 11.0. The van der Waals surface area contributed by atoms with Crippen LogP contribution >= 0.6 is 0 Å². The number of methoxy groups -OCH3 is 2. The lowest BCUT2D eigenvalue weighted by atomic mass is 10.1. The van der Waals surface area contributed by atoms with Crippen molar-refractivity contribution in [3.05, 3.63) is 17.7 Å². The molecule has 0 amide bonds. The number of carbonyl (C=O) groups is 1. The van der Waals surface area contributed by atoms with E-state index < -0.39 is 17.2 Å². The number of carboxylic acid groups (broad SMARTS) is 1. The van der Waals surface area contributed by atoms with Crippen molar-refractivity contribution in [1.29, 1.82) is 0 Å². The van der Waals surface area contributed by atoms with E-state index in [1.54, 1.807) is 0 Å². The van der Waals surface area contributed by atoms with Crippen LogP contribution in [0.15, 0.2) is 12.1 Å². The minimum absolute atomic E-state index is 0.0298. The van der Waals surface area contributed by atoms with Crippen LogP contribution in [-0.4, -0.2) is 34.1 Å². The van der Waals surface area contributed by atoms with Gasteiger partial charge >= 0.3 is 5.97 Å². The molecule has 0 heterocycles. The first kappa shape index (κ1) is 13.3. The molecular weight excluding hydrogens is 250 g/mol. The molecule has 1 aromatic rings. The van der Waals surface area contributed by atoms with Gasteiger partial charge in [0, 0.05) is 17.3 Å². The van der Waals surface area contributed by atoms with Crippen LogP contribution in [-0.2, 0) is 11.3 Å². The molecule has 0 radical (unpaired) electrons. The monoisotopic (exact) mass is 260 g/mol. The maximum absolute atomic E-state index is 11.0. The van der Waals surface area contributed by atoms with Crippen molar-refractivity contribution >= 4 is 22.9 Å². The molecule has 1 unspecified atom stereocenters. The van der Waals surface area contributed by atoms with Gasteiger partial charge in [-0.1, -0.05) is 0 Å². The fraction of sp³-hybridized carbons (Fsp3) is 0.222. The number of nitrogens with one attached hydrogen (secondary N) is 1. The minimum atomic E-state index is -2.55. The van der Waals surface area contributed by atoms with Gasteiger partial charge in [-0.05, 0) is 6.07 Å². The van der Waals surface area contributed by atoms with Crippen molar-refractivity contribution in [2.24, 2.45) is 0 Å². The van der Waals surface area contributed by atoms with Gasteiger partial charge < -0.3 is 23.9 Å². The van der Waals surface area contributed by atoms with Crippen LogP contribution in [0.25, 0.3) is 0 Å². The molecule has 0 saturated carbocycles. The molecule has 0 spiro atoms. The lowest BCUT2D eigenvalue weighted by Gasteiger charge is -2.14. The molecule has 0 fully saturated rings. The second-order valence-electron chi connectivity index (χ2n) is 2.90. The van der Waals surface area contributed by atoms with Crippen molar-refractivity contribution < 1.29 is 28.1 Å². The quantitative estimate of drug-likeness (QED) is 0.751. The number of hydrogen-bond donors (Lipinski definition) is 2. The highest BCUT2D eigenvalue weighted by Gasteiger charge is 2.17. The summed E-state index contributed by atoms with van der Waals surface area (Å²) in [5.74, 6) is -1.09. The number of ether oxygens (including phenoxy) is 2. The van der Waals surface area contributed by atoms with Crippen LogP contribution in [0.2, 0.25) is 0 Å². The average molecular weight is 260 g/mol. The zero-order valence-electron chi connectivity index (χ0n) is 9.05. The number of carboxylic acids is 1. The molecule has 94 valence electrons. The van der Waals surface area contributed by atoms with Crippen molar-refractivity contribution in [3.8, 4) is 11.5 Å². The molecule has 0 aliphatic carbocycles. The number of benzene rings is 1. The van der Waals surface area contributed by atoms with Gasteiger partial charge in [-0.25, -0.2) is 4.79 Å². The van der Waals surface area contributed by atoms with Crippen LogP contribution in [0, 0.1) is 0 Å². The molecule has 2 N–H and O–H groups in total. The zero-order chi connectivity index (χ0) is 13.0. The summed E-state index contributed by atoms with van der Waals surface area (Å²) in [5.41, 5.74) is -0.117. The van der Waals surface area contributed by atoms with E-state index in [2.05, 4.69) is 0 Å². The van der Waals surface area contributed by atoms with E-state index in [0.29, 0.717) is 0 Å². The molecule has 0 saturated heterocycles. The molecule has 17 heavy (non-hydrogen) atoms. The molecular formula is C9H10NO6S-. The predicted octanol–water partition coefficient (Wildman–Crippen LogP) is 0.608. The Morgan fingerprint density at radius 1 is 1.41 bits per heavy atom. The first-order chi connectivity index (χ1) is 7.99. The van der Waals surface area contributed by atoms with Crippen LogP contribution in [0.4, 0.5) is 5.69 Å². The van der Waals surface area contributed by atoms with Crippen molar-refractivity contribution in [2.45, 2.75) is 0 Å². The van der Waals surface area contributed by atoms with Gasteiger partial charge in [-0.3, -0.25) is 4.21 Å². The highest BCUT2D eigenvalue weighted by Crippen LogP contribution is 2.34. The fourth-order valence-electron chi connectivity index (χ4n) is 1.28. The Morgan fingerprint density at radius 2 is 2.06 bits per heavy atom. The van der Waals surface area contributed by atoms with Crippen LogP contribution in [0.3, 0.4) is 0 Å². The third-order valence-electron chi connectivity index (χ3n) is 1.91. The summed E-state index contributed by atoms with van der Waals surface area (Å²) < 4.78 is 32.8. The lowest BCUT2D eigenvalue weighted by molar-refractivity contribution is 0.0692. The van der Waals surface area contributed by atoms with Crippen LogP contribution in [0.1, 0.15) is 10.4 Å². The van der Waals surface area contributed by atoms with Gasteiger partial charge in [0.1, 0.15) is 5.56 Å². The highest BCUT2D eigenvalue weighted by molar-refractivity contribution is 7.80. The van der Waals surface area contributed by atoms with E-state index in [1.807, 2.05) is 4.72 Å². The van der Waals surface area contributed by atoms with Gasteiger partial charge in [-0.2, -0.15) is 0 Å². The fourth-order valence-corrected chi connectivity index (χ4v) is 1.59. The van der Waals surface area contributed by atoms with E-state index in [-0.39, 0.29) is 22.7 Å². The zero-order valence-corrected chi connectivity index (χ0v) is 9.87. The first-order valence-corrected chi connectivity index (χ1v) is 5.42. The number of rotatable bonds is 5. The molecule has 0 aliphatic heterocycles. The molecule has 1 rings (SSSR count). The molecule has 7 nitrogen and oxygen atoms in total. The second kappa shape index (κ2) is 5.51. The van der Waals surface area contributed by atoms with Crippen molar-refractivity contribution in [1.82, 2.24) is 0 Å². The summed E-state index contributed by atoms with van der Waals surface area (Å²) in [7, 11) is 2.62. The third kappa shape index (κ3) is 3.08. The van der Waals surface area contributed by atoms with Crippen molar-refractivity contribution in [3.63, 3.8) is 0 Å². The topological polar surface area (TPSA) is 108 Å².